The molecular weight excluding hydrogens is 260 g/mol. The van der Waals surface area contributed by atoms with E-state index in [9.17, 15) is 0 Å². The summed E-state index contributed by atoms with van der Waals surface area (Å²) in [7, 11) is 1.80. The minimum atomic E-state index is 0.799. The molecule has 0 atom stereocenters. The molecule has 0 radical (unpaired) electrons. The minimum absolute atomic E-state index is 0.799. The number of nitrogens with zero attached hydrogens (tertiary/aromatic N) is 2. The molecule has 2 aromatic rings. The van der Waals surface area contributed by atoms with E-state index >= 15 is 0 Å². The first-order chi connectivity index (χ1) is 10.3. The average Bonchev–Trinajstić information content (AvgIpc) is 3.04. The second-order valence-corrected chi connectivity index (χ2v) is 4.90. The molecule has 2 rings (SSSR count). The standard InChI is InChI=1S/C17H24N4/c1-3-15-8-4-5-9-16(15)14-20-17(18-2)19-10-13-21-11-6-7-12-21/h4-9,11-12H,3,10,13-14H2,1-2H3,(H2,18,19,20). The van der Waals surface area contributed by atoms with Crippen molar-refractivity contribution in [3.63, 3.8) is 0 Å². The first-order valence-electron chi connectivity index (χ1n) is 7.45. The fourth-order valence-electron chi connectivity index (χ4n) is 2.30. The highest BCUT2D eigenvalue weighted by atomic mass is 15.2. The third-order valence-electron chi connectivity index (χ3n) is 3.50. The van der Waals surface area contributed by atoms with Gasteiger partial charge in [-0.2, -0.15) is 0 Å². The number of hydrogen-bond donors (Lipinski definition) is 2. The van der Waals surface area contributed by atoms with Crippen molar-refractivity contribution < 1.29 is 0 Å². The number of benzene rings is 1. The highest BCUT2D eigenvalue weighted by Crippen LogP contribution is 2.08. The summed E-state index contributed by atoms with van der Waals surface area (Å²) in [5, 5.41) is 6.70. The van der Waals surface area contributed by atoms with Gasteiger partial charge in [0.2, 0.25) is 0 Å². The summed E-state index contributed by atoms with van der Waals surface area (Å²) in [5.41, 5.74) is 2.71. The Morgan fingerprint density at radius 3 is 2.43 bits per heavy atom. The zero-order valence-corrected chi connectivity index (χ0v) is 12.8. The van der Waals surface area contributed by atoms with Crippen LogP contribution < -0.4 is 10.6 Å². The SMILES string of the molecule is CCc1ccccc1CNC(=NC)NCCn1cccc1. The van der Waals surface area contributed by atoms with Crippen molar-refractivity contribution in [1.82, 2.24) is 15.2 Å². The predicted molar refractivity (Wildman–Crippen MR) is 88.5 cm³/mol. The van der Waals surface area contributed by atoms with Gasteiger partial charge in [0.25, 0.3) is 0 Å². The molecule has 112 valence electrons. The number of aromatic nitrogens is 1. The van der Waals surface area contributed by atoms with E-state index in [0.29, 0.717) is 0 Å². The lowest BCUT2D eigenvalue weighted by Gasteiger charge is -2.14. The Kier molecular flexibility index (Phi) is 5.88. The Hall–Kier alpha value is -2.23. The molecule has 1 aromatic heterocycles. The van der Waals surface area contributed by atoms with Gasteiger partial charge in [0.1, 0.15) is 0 Å². The van der Waals surface area contributed by atoms with Crippen molar-refractivity contribution in [1.29, 1.82) is 0 Å². The van der Waals surface area contributed by atoms with Crippen LogP contribution in [0, 0.1) is 0 Å². The van der Waals surface area contributed by atoms with Crippen LogP contribution in [-0.2, 0) is 19.5 Å². The molecule has 0 bridgehead atoms. The van der Waals surface area contributed by atoms with E-state index in [1.165, 1.54) is 11.1 Å². The van der Waals surface area contributed by atoms with Crippen LogP contribution in [0.25, 0.3) is 0 Å². The van der Waals surface area contributed by atoms with Crippen LogP contribution in [0.3, 0.4) is 0 Å². The van der Waals surface area contributed by atoms with Gasteiger partial charge < -0.3 is 15.2 Å². The topological polar surface area (TPSA) is 41.4 Å². The van der Waals surface area contributed by atoms with Crippen molar-refractivity contribution in [3.8, 4) is 0 Å². The predicted octanol–water partition coefficient (Wildman–Crippen LogP) is 2.42. The number of nitrogens with one attached hydrogen (secondary N) is 2. The Balaban J connectivity index is 1.80. The summed E-state index contributed by atoms with van der Waals surface area (Å²) in [4.78, 5) is 4.26. The van der Waals surface area contributed by atoms with Gasteiger partial charge in [-0.05, 0) is 29.7 Å². The van der Waals surface area contributed by atoms with Crippen molar-refractivity contribution >= 4 is 5.96 Å². The highest BCUT2D eigenvalue weighted by molar-refractivity contribution is 5.79. The molecule has 0 aliphatic rings. The summed E-state index contributed by atoms with van der Waals surface area (Å²) in [5.74, 6) is 0.841. The molecule has 0 aliphatic heterocycles. The van der Waals surface area contributed by atoms with Crippen molar-refractivity contribution in [2.24, 2.45) is 4.99 Å². The average molecular weight is 284 g/mol. The Bertz CT molecular complexity index is 558. The quantitative estimate of drug-likeness (QED) is 0.632. The van der Waals surface area contributed by atoms with Crippen LogP contribution in [0.15, 0.2) is 53.8 Å². The zero-order chi connectivity index (χ0) is 14.9. The van der Waals surface area contributed by atoms with Crippen molar-refractivity contribution in [2.45, 2.75) is 26.4 Å². The summed E-state index contributed by atoms with van der Waals surface area (Å²) in [6.07, 6.45) is 5.18. The van der Waals surface area contributed by atoms with Gasteiger partial charge in [-0.1, -0.05) is 31.2 Å². The van der Waals surface area contributed by atoms with E-state index in [1.54, 1.807) is 7.05 Å². The third kappa shape index (κ3) is 4.67. The van der Waals surface area contributed by atoms with Gasteiger partial charge in [0, 0.05) is 39.1 Å². The molecule has 4 heteroatoms. The van der Waals surface area contributed by atoms with Crippen LogP contribution in [0.1, 0.15) is 18.1 Å². The summed E-state index contributed by atoms with van der Waals surface area (Å²) in [6.45, 7) is 4.76. The zero-order valence-electron chi connectivity index (χ0n) is 12.8. The Labute approximate surface area is 126 Å². The number of aryl methyl sites for hydroxylation is 1. The minimum Gasteiger partial charge on any atom is -0.355 e. The number of guanidine groups is 1. The molecule has 0 amide bonds. The summed E-state index contributed by atoms with van der Waals surface area (Å²) >= 11 is 0. The van der Waals surface area contributed by atoms with Gasteiger partial charge in [-0.3, -0.25) is 4.99 Å². The van der Waals surface area contributed by atoms with E-state index in [4.69, 9.17) is 0 Å². The molecule has 0 unspecified atom stereocenters. The molecule has 0 aliphatic carbocycles. The maximum atomic E-state index is 4.26. The second kappa shape index (κ2) is 8.15. The monoisotopic (exact) mass is 284 g/mol. The summed E-state index contributed by atoms with van der Waals surface area (Å²) in [6, 6.07) is 12.6. The third-order valence-corrected chi connectivity index (χ3v) is 3.50. The number of hydrogen-bond acceptors (Lipinski definition) is 1. The fourth-order valence-corrected chi connectivity index (χ4v) is 2.30. The summed E-state index contributed by atoms with van der Waals surface area (Å²) < 4.78 is 2.15. The molecule has 1 aromatic carbocycles. The number of rotatable bonds is 6. The van der Waals surface area contributed by atoms with Gasteiger partial charge >= 0.3 is 0 Å². The molecule has 0 saturated carbocycles. The van der Waals surface area contributed by atoms with E-state index in [2.05, 4.69) is 63.8 Å². The lowest BCUT2D eigenvalue weighted by molar-refractivity contribution is 0.665. The molecule has 2 N–H and O–H groups in total. The van der Waals surface area contributed by atoms with E-state index in [-0.39, 0.29) is 0 Å². The van der Waals surface area contributed by atoms with Crippen molar-refractivity contribution in [2.75, 3.05) is 13.6 Å². The van der Waals surface area contributed by atoms with Gasteiger partial charge in [0.15, 0.2) is 5.96 Å². The molecular formula is C17H24N4. The largest absolute Gasteiger partial charge is 0.355 e. The van der Waals surface area contributed by atoms with Crippen LogP contribution in [0.5, 0.6) is 0 Å². The van der Waals surface area contributed by atoms with E-state index in [0.717, 1.165) is 32.0 Å². The molecule has 0 fully saturated rings. The molecule has 1 heterocycles. The molecule has 0 spiro atoms. The molecule has 0 saturated heterocycles. The fraction of sp³-hybridized carbons (Fsp3) is 0.353. The van der Waals surface area contributed by atoms with Gasteiger partial charge in [-0.25, -0.2) is 0 Å². The first kappa shape index (κ1) is 15.2. The number of aliphatic imine (C=N–C) groups is 1. The molecule has 4 nitrogen and oxygen atoms in total. The first-order valence-corrected chi connectivity index (χ1v) is 7.45. The smallest absolute Gasteiger partial charge is 0.191 e. The van der Waals surface area contributed by atoms with E-state index < -0.39 is 0 Å². The van der Waals surface area contributed by atoms with Crippen LogP contribution in [0.4, 0.5) is 0 Å². The Morgan fingerprint density at radius 1 is 1.05 bits per heavy atom. The highest BCUT2D eigenvalue weighted by Gasteiger charge is 2.01. The lowest BCUT2D eigenvalue weighted by Crippen LogP contribution is -2.38. The Morgan fingerprint density at radius 2 is 1.76 bits per heavy atom. The van der Waals surface area contributed by atoms with Crippen LogP contribution >= 0.6 is 0 Å². The van der Waals surface area contributed by atoms with Crippen LogP contribution in [0.2, 0.25) is 0 Å². The van der Waals surface area contributed by atoms with Crippen molar-refractivity contribution in [3.05, 3.63) is 59.9 Å². The van der Waals surface area contributed by atoms with Crippen LogP contribution in [-0.4, -0.2) is 24.1 Å². The lowest BCUT2D eigenvalue weighted by atomic mass is 10.1. The van der Waals surface area contributed by atoms with Gasteiger partial charge in [0.05, 0.1) is 0 Å². The molecule has 21 heavy (non-hydrogen) atoms. The normalized spacial score (nSPS) is 11.4. The maximum Gasteiger partial charge on any atom is 0.191 e. The maximum absolute atomic E-state index is 4.26. The second-order valence-electron chi connectivity index (χ2n) is 4.90. The van der Waals surface area contributed by atoms with E-state index in [1.807, 2.05) is 12.1 Å². The van der Waals surface area contributed by atoms with Gasteiger partial charge in [-0.15, -0.1) is 0 Å².